The maximum absolute atomic E-state index is 12.9. The largest absolute Gasteiger partial charge is 0.494 e. The lowest BCUT2D eigenvalue weighted by molar-refractivity contribution is -0.153. The lowest BCUT2D eigenvalue weighted by Gasteiger charge is -2.26. The molecule has 1 atom stereocenters. The molecule has 0 aromatic heterocycles. The summed E-state index contributed by atoms with van der Waals surface area (Å²) < 4.78 is 17.6. The van der Waals surface area contributed by atoms with Gasteiger partial charge in [-0.15, -0.1) is 0 Å². The Morgan fingerprint density at radius 1 is 0.767 bits per heavy atom. The number of carboxylic acids is 1. The van der Waals surface area contributed by atoms with E-state index < -0.39 is 11.6 Å². The summed E-state index contributed by atoms with van der Waals surface area (Å²) in [5.41, 5.74) is 0.0972. The van der Waals surface area contributed by atoms with E-state index in [1.165, 1.54) is 0 Å². The molecule has 0 aliphatic heterocycles. The van der Waals surface area contributed by atoms with Gasteiger partial charge in [0.25, 0.3) is 0 Å². The van der Waals surface area contributed by atoms with Crippen LogP contribution in [-0.4, -0.2) is 47.3 Å². The highest BCUT2D eigenvalue weighted by molar-refractivity contribution is 5.89. The average molecular weight is 583 g/mol. The molecule has 0 saturated heterocycles. The van der Waals surface area contributed by atoms with Gasteiger partial charge in [0.05, 0.1) is 6.61 Å². The van der Waals surface area contributed by atoms with Crippen molar-refractivity contribution < 1.29 is 28.9 Å². The smallest absolute Gasteiger partial charge is 0.348 e. The van der Waals surface area contributed by atoms with E-state index in [4.69, 9.17) is 14.2 Å². The average Bonchev–Trinajstić information content (AvgIpc) is 3.01. The van der Waals surface area contributed by atoms with Gasteiger partial charge in [-0.2, -0.15) is 0 Å². The summed E-state index contributed by atoms with van der Waals surface area (Å²) >= 11 is 0. The number of urea groups is 1. The molecule has 0 saturated carbocycles. The van der Waals surface area contributed by atoms with Crippen LogP contribution < -0.4 is 19.5 Å². The summed E-state index contributed by atoms with van der Waals surface area (Å²) in [6, 6.07) is 32.9. The fourth-order valence-corrected chi connectivity index (χ4v) is 4.46. The zero-order valence-corrected chi connectivity index (χ0v) is 24.6. The number of benzene rings is 4. The summed E-state index contributed by atoms with van der Waals surface area (Å²) in [7, 11) is 0. The highest BCUT2D eigenvalue weighted by Gasteiger charge is 2.36. The number of hydrogen-bond donors (Lipinski definition) is 2. The molecule has 2 amide bonds. The van der Waals surface area contributed by atoms with Crippen LogP contribution in [0, 0.1) is 0 Å². The van der Waals surface area contributed by atoms with Gasteiger partial charge in [0.1, 0.15) is 23.0 Å². The summed E-state index contributed by atoms with van der Waals surface area (Å²) in [6.45, 7) is 5.21. The Hall–Kier alpha value is -4.98. The highest BCUT2D eigenvalue weighted by Crippen LogP contribution is 2.25. The van der Waals surface area contributed by atoms with Crippen molar-refractivity contribution in [1.29, 1.82) is 0 Å². The SMILES string of the molecule is CCCN(CCCOc1ccc(C[C@](C)(Oc2ccccc2)C(=O)O)cc1)C(=O)Nc1ccc(Oc2ccccc2)cc1. The first kappa shape index (κ1) is 31.0. The van der Waals surface area contributed by atoms with Crippen molar-refractivity contribution in [2.45, 2.75) is 38.7 Å². The van der Waals surface area contributed by atoms with E-state index in [9.17, 15) is 14.7 Å². The second kappa shape index (κ2) is 15.3. The molecule has 0 heterocycles. The first-order valence-electron chi connectivity index (χ1n) is 14.4. The molecule has 2 N–H and O–H groups in total. The number of carbonyl (C=O) groups excluding carboxylic acids is 1. The van der Waals surface area contributed by atoms with E-state index in [1.807, 2.05) is 91.9 Å². The molecular formula is C35H38N2O6. The predicted octanol–water partition coefficient (Wildman–Crippen LogP) is 7.66. The number of aliphatic carboxylic acids is 1. The Balaban J connectivity index is 1.23. The summed E-state index contributed by atoms with van der Waals surface area (Å²) in [4.78, 5) is 26.7. The number of carboxylic acid groups (broad SMARTS) is 1. The van der Waals surface area contributed by atoms with Crippen LogP contribution in [0.25, 0.3) is 0 Å². The van der Waals surface area contributed by atoms with Crippen molar-refractivity contribution >= 4 is 17.7 Å². The number of nitrogens with one attached hydrogen (secondary N) is 1. The maximum Gasteiger partial charge on any atom is 0.348 e. The number of rotatable bonds is 15. The minimum Gasteiger partial charge on any atom is -0.494 e. The number of amides is 2. The van der Waals surface area contributed by atoms with E-state index in [2.05, 4.69) is 5.32 Å². The van der Waals surface area contributed by atoms with Gasteiger partial charge >= 0.3 is 12.0 Å². The molecule has 43 heavy (non-hydrogen) atoms. The number of ether oxygens (including phenoxy) is 3. The third kappa shape index (κ3) is 9.53. The molecule has 0 aliphatic carbocycles. The Labute approximate surface area is 252 Å². The Bertz CT molecular complexity index is 1430. The number of para-hydroxylation sites is 2. The van der Waals surface area contributed by atoms with E-state index in [1.54, 1.807) is 36.1 Å². The monoisotopic (exact) mass is 582 g/mol. The van der Waals surface area contributed by atoms with Crippen LogP contribution in [-0.2, 0) is 11.2 Å². The molecule has 8 nitrogen and oxygen atoms in total. The van der Waals surface area contributed by atoms with Crippen molar-refractivity contribution in [3.63, 3.8) is 0 Å². The van der Waals surface area contributed by atoms with Gasteiger partial charge in [-0.3, -0.25) is 0 Å². The van der Waals surface area contributed by atoms with Crippen molar-refractivity contribution in [3.8, 4) is 23.0 Å². The van der Waals surface area contributed by atoms with Crippen LogP contribution >= 0.6 is 0 Å². The topological polar surface area (TPSA) is 97.3 Å². The van der Waals surface area contributed by atoms with E-state index in [0.29, 0.717) is 49.1 Å². The van der Waals surface area contributed by atoms with Crippen LogP contribution in [0.2, 0.25) is 0 Å². The third-order valence-electron chi connectivity index (χ3n) is 6.71. The van der Waals surface area contributed by atoms with Gasteiger partial charge < -0.3 is 29.5 Å². The van der Waals surface area contributed by atoms with Gasteiger partial charge in [0.15, 0.2) is 0 Å². The van der Waals surface area contributed by atoms with Crippen LogP contribution in [0.15, 0.2) is 109 Å². The number of carbonyl (C=O) groups is 2. The summed E-state index contributed by atoms with van der Waals surface area (Å²) in [5.74, 6) is 1.59. The molecular weight excluding hydrogens is 544 g/mol. The molecule has 8 heteroatoms. The molecule has 4 aromatic rings. The van der Waals surface area contributed by atoms with Crippen molar-refractivity contribution in [1.82, 2.24) is 4.90 Å². The first-order valence-corrected chi connectivity index (χ1v) is 14.4. The molecule has 0 aliphatic rings. The molecule has 0 radical (unpaired) electrons. The van der Waals surface area contributed by atoms with Gasteiger partial charge in [-0.1, -0.05) is 55.5 Å². The second-order valence-corrected chi connectivity index (χ2v) is 10.3. The number of anilines is 1. The third-order valence-corrected chi connectivity index (χ3v) is 6.71. The number of hydrogen-bond acceptors (Lipinski definition) is 5. The van der Waals surface area contributed by atoms with E-state index in [0.717, 1.165) is 17.7 Å². The molecule has 4 rings (SSSR count). The fraction of sp³-hybridized carbons (Fsp3) is 0.257. The first-order chi connectivity index (χ1) is 20.8. The predicted molar refractivity (Wildman–Crippen MR) is 167 cm³/mol. The van der Waals surface area contributed by atoms with Crippen molar-refractivity contribution in [2.24, 2.45) is 0 Å². The molecule has 0 unspecified atom stereocenters. The lowest BCUT2D eigenvalue weighted by Crippen LogP contribution is -2.43. The molecule has 0 bridgehead atoms. The van der Waals surface area contributed by atoms with Crippen molar-refractivity contribution in [3.05, 3.63) is 115 Å². The standard InChI is InChI=1S/C35H38N2O6/c1-3-23-37(34(40)36-28-17-21-31(22-18-28)42-30-11-6-4-7-12-30)24-10-25-41-29-19-15-27(16-20-29)26-35(2,33(38)39)43-32-13-8-5-9-14-32/h4-9,11-22H,3,10,23-26H2,1-2H3,(H,36,40)(H,38,39)/t35-/m0/s1. The highest BCUT2D eigenvalue weighted by atomic mass is 16.5. The van der Waals surface area contributed by atoms with Crippen molar-refractivity contribution in [2.75, 3.05) is 25.0 Å². The Kier molecular flexibility index (Phi) is 11.0. The van der Waals surface area contributed by atoms with E-state index in [-0.39, 0.29) is 12.5 Å². The summed E-state index contributed by atoms with van der Waals surface area (Å²) in [5, 5.41) is 12.8. The zero-order valence-electron chi connectivity index (χ0n) is 24.6. The lowest BCUT2D eigenvalue weighted by atomic mass is 9.96. The van der Waals surface area contributed by atoms with Crippen LogP contribution in [0.4, 0.5) is 10.5 Å². The fourth-order valence-electron chi connectivity index (χ4n) is 4.46. The van der Waals surface area contributed by atoms with Gasteiger partial charge in [-0.25, -0.2) is 9.59 Å². The van der Waals surface area contributed by atoms with E-state index >= 15 is 0 Å². The normalized spacial score (nSPS) is 12.0. The molecule has 4 aromatic carbocycles. The minimum absolute atomic E-state index is 0.165. The van der Waals surface area contributed by atoms with Gasteiger partial charge in [0, 0.05) is 25.2 Å². The molecule has 224 valence electrons. The maximum atomic E-state index is 12.9. The minimum atomic E-state index is -1.41. The van der Waals surface area contributed by atoms with Crippen LogP contribution in [0.1, 0.15) is 32.3 Å². The van der Waals surface area contributed by atoms with Gasteiger partial charge in [-0.05, 0) is 86.0 Å². The Morgan fingerprint density at radius 3 is 1.95 bits per heavy atom. The van der Waals surface area contributed by atoms with Crippen LogP contribution in [0.3, 0.4) is 0 Å². The molecule has 0 fully saturated rings. The quantitative estimate of drug-likeness (QED) is 0.140. The zero-order chi connectivity index (χ0) is 30.5. The van der Waals surface area contributed by atoms with Crippen LogP contribution in [0.5, 0.6) is 23.0 Å². The summed E-state index contributed by atoms with van der Waals surface area (Å²) in [6.07, 6.45) is 1.69. The molecule has 0 spiro atoms. The Morgan fingerprint density at radius 2 is 1.35 bits per heavy atom. The van der Waals surface area contributed by atoms with Gasteiger partial charge in [0.2, 0.25) is 5.60 Å². The second-order valence-electron chi connectivity index (χ2n) is 10.3. The number of nitrogens with zero attached hydrogens (tertiary/aromatic N) is 1.